The number of pyridine rings is 1. The first kappa shape index (κ1) is 16.4. The lowest BCUT2D eigenvalue weighted by atomic mass is 10.2. The van der Waals surface area contributed by atoms with Crippen molar-refractivity contribution in [1.82, 2.24) is 20.2 Å². The zero-order valence-corrected chi connectivity index (χ0v) is 13.9. The molecular weight excluding hydrogens is 320 g/mol. The SMILES string of the molecule is COc1ccc(Nc2nncc(NCc3ccncc3)n2)c(OC)c1. The Morgan fingerprint density at radius 1 is 1.04 bits per heavy atom. The molecule has 0 amide bonds. The fourth-order valence-electron chi connectivity index (χ4n) is 2.16. The van der Waals surface area contributed by atoms with Gasteiger partial charge in [-0.1, -0.05) is 0 Å². The molecule has 3 aromatic rings. The van der Waals surface area contributed by atoms with Gasteiger partial charge in [-0.3, -0.25) is 4.98 Å². The van der Waals surface area contributed by atoms with E-state index in [1.165, 1.54) is 0 Å². The van der Waals surface area contributed by atoms with Crippen molar-refractivity contribution in [2.75, 3.05) is 24.9 Å². The Morgan fingerprint density at radius 3 is 2.64 bits per heavy atom. The second-order valence-corrected chi connectivity index (χ2v) is 5.07. The third-order valence-electron chi connectivity index (χ3n) is 3.44. The number of hydrogen-bond acceptors (Lipinski definition) is 8. The summed E-state index contributed by atoms with van der Waals surface area (Å²) in [5.41, 5.74) is 1.82. The van der Waals surface area contributed by atoms with Crippen LogP contribution in [0.25, 0.3) is 0 Å². The zero-order chi connectivity index (χ0) is 17.5. The predicted octanol–water partition coefficient (Wildman–Crippen LogP) is 2.64. The first-order chi connectivity index (χ1) is 12.3. The molecular formula is C17H18N6O2. The third kappa shape index (κ3) is 4.31. The van der Waals surface area contributed by atoms with E-state index in [-0.39, 0.29) is 0 Å². The number of nitrogens with one attached hydrogen (secondary N) is 2. The molecule has 2 N–H and O–H groups in total. The molecule has 3 rings (SSSR count). The smallest absolute Gasteiger partial charge is 0.249 e. The average Bonchev–Trinajstić information content (AvgIpc) is 2.68. The van der Waals surface area contributed by atoms with Gasteiger partial charge in [0.2, 0.25) is 5.95 Å². The first-order valence-corrected chi connectivity index (χ1v) is 7.60. The van der Waals surface area contributed by atoms with Gasteiger partial charge in [0.05, 0.1) is 26.1 Å². The molecule has 25 heavy (non-hydrogen) atoms. The number of hydrogen-bond donors (Lipinski definition) is 2. The largest absolute Gasteiger partial charge is 0.497 e. The summed E-state index contributed by atoms with van der Waals surface area (Å²) >= 11 is 0. The van der Waals surface area contributed by atoms with Gasteiger partial charge in [-0.25, -0.2) is 0 Å². The Morgan fingerprint density at radius 2 is 1.88 bits per heavy atom. The molecule has 0 atom stereocenters. The molecule has 1 aromatic carbocycles. The van der Waals surface area contributed by atoms with E-state index in [1.807, 2.05) is 24.3 Å². The number of ether oxygens (including phenoxy) is 2. The molecule has 8 nitrogen and oxygen atoms in total. The van der Waals surface area contributed by atoms with E-state index in [2.05, 4.69) is 30.8 Å². The van der Waals surface area contributed by atoms with Gasteiger partial charge in [0.25, 0.3) is 0 Å². The van der Waals surface area contributed by atoms with E-state index < -0.39 is 0 Å². The predicted molar refractivity (Wildman–Crippen MR) is 94.2 cm³/mol. The summed E-state index contributed by atoms with van der Waals surface area (Å²) in [4.78, 5) is 8.40. The molecule has 0 bridgehead atoms. The Hall–Kier alpha value is -3.42. The highest BCUT2D eigenvalue weighted by atomic mass is 16.5. The number of aromatic nitrogens is 4. The number of nitrogens with zero attached hydrogens (tertiary/aromatic N) is 4. The van der Waals surface area contributed by atoms with E-state index in [1.54, 1.807) is 38.9 Å². The molecule has 0 saturated heterocycles. The molecule has 0 radical (unpaired) electrons. The van der Waals surface area contributed by atoms with Crippen molar-refractivity contribution in [1.29, 1.82) is 0 Å². The van der Waals surface area contributed by atoms with Crippen molar-refractivity contribution in [3.8, 4) is 11.5 Å². The van der Waals surface area contributed by atoms with Crippen LogP contribution in [0.4, 0.5) is 17.5 Å². The van der Waals surface area contributed by atoms with Crippen LogP contribution in [0.1, 0.15) is 5.56 Å². The summed E-state index contributed by atoms with van der Waals surface area (Å²) in [5, 5.41) is 14.3. The maximum atomic E-state index is 5.36. The molecule has 2 heterocycles. The monoisotopic (exact) mass is 338 g/mol. The molecule has 0 fully saturated rings. The zero-order valence-electron chi connectivity index (χ0n) is 13.9. The molecule has 8 heteroatoms. The quantitative estimate of drug-likeness (QED) is 0.679. The van der Waals surface area contributed by atoms with Gasteiger partial charge in [0.1, 0.15) is 11.5 Å². The van der Waals surface area contributed by atoms with Crippen LogP contribution < -0.4 is 20.1 Å². The van der Waals surface area contributed by atoms with Crippen LogP contribution in [-0.4, -0.2) is 34.4 Å². The Kier molecular flexibility index (Phi) is 5.20. The second-order valence-electron chi connectivity index (χ2n) is 5.07. The molecule has 0 aliphatic heterocycles. The summed E-state index contributed by atoms with van der Waals surface area (Å²) in [6.45, 7) is 0.618. The topological polar surface area (TPSA) is 94.1 Å². The van der Waals surface area contributed by atoms with E-state index in [0.717, 1.165) is 11.3 Å². The maximum absolute atomic E-state index is 5.36. The van der Waals surface area contributed by atoms with Crippen molar-refractivity contribution >= 4 is 17.5 Å². The molecule has 0 spiro atoms. The highest BCUT2D eigenvalue weighted by molar-refractivity contribution is 5.64. The van der Waals surface area contributed by atoms with Crippen molar-refractivity contribution in [2.24, 2.45) is 0 Å². The van der Waals surface area contributed by atoms with Crippen LogP contribution in [0.5, 0.6) is 11.5 Å². The minimum absolute atomic E-state index is 0.364. The van der Waals surface area contributed by atoms with Gasteiger partial charge < -0.3 is 20.1 Å². The van der Waals surface area contributed by atoms with E-state index >= 15 is 0 Å². The number of benzene rings is 1. The van der Waals surface area contributed by atoms with Crippen LogP contribution in [-0.2, 0) is 6.54 Å². The lowest BCUT2D eigenvalue weighted by Gasteiger charge is -2.12. The van der Waals surface area contributed by atoms with Crippen LogP contribution in [0.15, 0.2) is 48.9 Å². The van der Waals surface area contributed by atoms with Crippen molar-refractivity contribution in [3.63, 3.8) is 0 Å². The number of anilines is 3. The average molecular weight is 338 g/mol. The van der Waals surface area contributed by atoms with Gasteiger partial charge in [-0.15, -0.1) is 5.10 Å². The highest BCUT2D eigenvalue weighted by Crippen LogP contribution is 2.30. The normalized spacial score (nSPS) is 10.2. The van der Waals surface area contributed by atoms with Crippen molar-refractivity contribution in [2.45, 2.75) is 6.54 Å². The molecule has 2 aromatic heterocycles. The Balaban J connectivity index is 1.71. The first-order valence-electron chi connectivity index (χ1n) is 7.60. The number of rotatable bonds is 7. The molecule has 0 saturated carbocycles. The van der Waals surface area contributed by atoms with Gasteiger partial charge >= 0.3 is 0 Å². The summed E-state index contributed by atoms with van der Waals surface area (Å²) in [6.07, 6.45) is 5.06. The van der Waals surface area contributed by atoms with E-state index in [4.69, 9.17) is 9.47 Å². The summed E-state index contributed by atoms with van der Waals surface area (Å²) in [6, 6.07) is 9.30. The number of methoxy groups -OCH3 is 2. The molecule has 0 aliphatic carbocycles. The maximum Gasteiger partial charge on any atom is 0.249 e. The van der Waals surface area contributed by atoms with Crippen molar-refractivity contribution < 1.29 is 9.47 Å². The highest BCUT2D eigenvalue weighted by Gasteiger charge is 2.08. The van der Waals surface area contributed by atoms with Crippen LogP contribution in [0.2, 0.25) is 0 Å². The van der Waals surface area contributed by atoms with Gasteiger partial charge in [0.15, 0.2) is 5.82 Å². The summed E-state index contributed by atoms with van der Waals surface area (Å²) < 4.78 is 10.5. The van der Waals surface area contributed by atoms with Gasteiger partial charge in [-0.05, 0) is 29.8 Å². The second kappa shape index (κ2) is 7.91. The van der Waals surface area contributed by atoms with Gasteiger partial charge in [0, 0.05) is 25.0 Å². The summed E-state index contributed by atoms with van der Waals surface area (Å²) in [7, 11) is 3.19. The lowest BCUT2D eigenvalue weighted by molar-refractivity contribution is 0.395. The lowest BCUT2D eigenvalue weighted by Crippen LogP contribution is -2.06. The van der Waals surface area contributed by atoms with Crippen molar-refractivity contribution in [3.05, 3.63) is 54.5 Å². The minimum atomic E-state index is 0.364. The minimum Gasteiger partial charge on any atom is -0.497 e. The molecule has 128 valence electrons. The Labute approximate surface area is 145 Å². The standard InChI is InChI=1S/C17H18N6O2/c1-24-13-3-4-14(15(9-13)25-2)21-17-22-16(11-20-23-17)19-10-12-5-7-18-8-6-12/h3-9,11H,10H2,1-2H3,(H2,19,21,22,23). The fraction of sp³-hybridized carbons (Fsp3) is 0.176. The van der Waals surface area contributed by atoms with Crippen LogP contribution >= 0.6 is 0 Å². The van der Waals surface area contributed by atoms with E-state index in [0.29, 0.717) is 29.8 Å². The van der Waals surface area contributed by atoms with E-state index in [9.17, 15) is 0 Å². The van der Waals surface area contributed by atoms with Gasteiger partial charge in [-0.2, -0.15) is 10.1 Å². The van der Waals surface area contributed by atoms with Crippen LogP contribution in [0, 0.1) is 0 Å². The molecule has 0 aliphatic rings. The molecule has 0 unspecified atom stereocenters. The van der Waals surface area contributed by atoms with Crippen LogP contribution in [0.3, 0.4) is 0 Å². The summed E-state index contributed by atoms with van der Waals surface area (Å²) in [5.74, 6) is 2.30. The fourth-order valence-corrected chi connectivity index (χ4v) is 2.16. The third-order valence-corrected chi connectivity index (χ3v) is 3.44. The Bertz CT molecular complexity index is 828.